The SMILES string of the molecule is CNCc1c(F)cccc1N(CC(N)=O)CC(N)=O. The fraction of sp³-hybridized carbons (Fsp3) is 0.333. The molecule has 0 aliphatic rings. The summed E-state index contributed by atoms with van der Waals surface area (Å²) in [4.78, 5) is 23.4. The van der Waals surface area contributed by atoms with Gasteiger partial charge in [0.25, 0.3) is 0 Å². The number of amides is 2. The first-order valence-corrected chi connectivity index (χ1v) is 5.69. The lowest BCUT2D eigenvalue weighted by Crippen LogP contribution is -2.40. The molecule has 1 aromatic rings. The molecule has 2 amide bonds. The minimum atomic E-state index is -0.624. The van der Waals surface area contributed by atoms with E-state index in [0.717, 1.165) is 0 Å². The molecule has 0 spiro atoms. The molecule has 0 aromatic heterocycles. The maximum Gasteiger partial charge on any atom is 0.236 e. The monoisotopic (exact) mass is 268 g/mol. The van der Waals surface area contributed by atoms with Crippen molar-refractivity contribution in [1.29, 1.82) is 0 Å². The van der Waals surface area contributed by atoms with E-state index in [0.29, 0.717) is 11.3 Å². The Balaban J connectivity index is 3.16. The molecule has 5 N–H and O–H groups in total. The van der Waals surface area contributed by atoms with Gasteiger partial charge in [0, 0.05) is 17.8 Å². The largest absolute Gasteiger partial charge is 0.368 e. The minimum absolute atomic E-state index is 0.205. The normalized spacial score (nSPS) is 10.2. The third-order valence-corrected chi connectivity index (χ3v) is 2.48. The van der Waals surface area contributed by atoms with E-state index in [1.54, 1.807) is 13.1 Å². The van der Waals surface area contributed by atoms with Crippen molar-refractivity contribution in [2.75, 3.05) is 25.0 Å². The smallest absolute Gasteiger partial charge is 0.236 e. The minimum Gasteiger partial charge on any atom is -0.368 e. The number of primary amides is 2. The highest BCUT2D eigenvalue weighted by atomic mass is 19.1. The number of carbonyl (C=O) groups is 2. The van der Waals surface area contributed by atoms with Crippen molar-refractivity contribution in [2.45, 2.75) is 6.54 Å². The molecule has 19 heavy (non-hydrogen) atoms. The molecule has 0 heterocycles. The summed E-state index contributed by atoms with van der Waals surface area (Å²) < 4.78 is 13.8. The number of benzene rings is 1. The van der Waals surface area contributed by atoms with Crippen LogP contribution in [0.15, 0.2) is 18.2 Å². The predicted octanol–water partition coefficient (Wildman–Crippen LogP) is -0.678. The van der Waals surface area contributed by atoms with Crippen molar-refractivity contribution in [3.05, 3.63) is 29.6 Å². The third-order valence-electron chi connectivity index (χ3n) is 2.48. The highest BCUT2D eigenvalue weighted by Gasteiger charge is 2.17. The number of halogens is 1. The van der Waals surface area contributed by atoms with Gasteiger partial charge in [0.05, 0.1) is 13.1 Å². The van der Waals surface area contributed by atoms with Crippen LogP contribution in [0.5, 0.6) is 0 Å². The Morgan fingerprint density at radius 1 is 1.26 bits per heavy atom. The zero-order valence-electron chi connectivity index (χ0n) is 10.6. The number of nitrogens with two attached hydrogens (primary N) is 2. The molecule has 0 saturated heterocycles. The van der Waals surface area contributed by atoms with Gasteiger partial charge in [-0.05, 0) is 19.2 Å². The first-order chi connectivity index (χ1) is 8.95. The van der Waals surface area contributed by atoms with Crippen molar-refractivity contribution in [3.63, 3.8) is 0 Å². The van der Waals surface area contributed by atoms with Crippen molar-refractivity contribution >= 4 is 17.5 Å². The maximum absolute atomic E-state index is 13.8. The number of carbonyl (C=O) groups excluding carboxylic acids is 2. The van der Waals surface area contributed by atoms with E-state index < -0.39 is 17.6 Å². The first-order valence-electron chi connectivity index (χ1n) is 5.69. The highest BCUT2D eigenvalue weighted by molar-refractivity contribution is 5.85. The van der Waals surface area contributed by atoms with Crippen molar-refractivity contribution in [3.8, 4) is 0 Å². The van der Waals surface area contributed by atoms with Crippen molar-refractivity contribution < 1.29 is 14.0 Å². The van der Waals surface area contributed by atoms with Crippen LogP contribution in [-0.4, -0.2) is 32.0 Å². The lowest BCUT2D eigenvalue weighted by atomic mass is 10.1. The number of hydrogen-bond donors (Lipinski definition) is 3. The van der Waals surface area contributed by atoms with E-state index in [1.165, 1.54) is 17.0 Å². The second kappa shape index (κ2) is 6.69. The van der Waals surface area contributed by atoms with E-state index in [1.807, 2.05) is 0 Å². The molecule has 1 aromatic carbocycles. The van der Waals surface area contributed by atoms with Crippen LogP contribution in [0.25, 0.3) is 0 Å². The lowest BCUT2D eigenvalue weighted by molar-refractivity contribution is -0.117. The van der Waals surface area contributed by atoms with E-state index in [-0.39, 0.29) is 19.6 Å². The van der Waals surface area contributed by atoms with E-state index in [9.17, 15) is 14.0 Å². The summed E-state index contributed by atoms with van der Waals surface area (Å²) in [5, 5.41) is 2.83. The number of nitrogens with one attached hydrogen (secondary N) is 1. The molecule has 0 saturated carbocycles. The van der Waals surface area contributed by atoms with Gasteiger partial charge in [0.1, 0.15) is 5.82 Å². The van der Waals surface area contributed by atoms with E-state index in [4.69, 9.17) is 11.5 Å². The molecule has 0 fully saturated rings. The number of anilines is 1. The summed E-state index contributed by atoms with van der Waals surface area (Å²) in [5.74, 6) is -1.67. The van der Waals surface area contributed by atoms with Gasteiger partial charge in [0.15, 0.2) is 0 Å². The molecule has 1 rings (SSSR count). The highest BCUT2D eigenvalue weighted by Crippen LogP contribution is 2.23. The molecule has 7 heteroatoms. The van der Waals surface area contributed by atoms with Crippen LogP contribution in [0.4, 0.5) is 10.1 Å². The summed E-state index contributed by atoms with van der Waals surface area (Å²) in [6, 6.07) is 4.42. The molecule has 0 unspecified atom stereocenters. The van der Waals surface area contributed by atoms with E-state index in [2.05, 4.69) is 5.32 Å². The van der Waals surface area contributed by atoms with Crippen LogP contribution in [0.2, 0.25) is 0 Å². The second-order valence-electron chi connectivity index (χ2n) is 4.06. The molecule has 0 aliphatic heterocycles. The number of hydrogen-bond acceptors (Lipinski definition) is 4. The van der Waals surface area contributed by atoms with Crippen LogP contribution in [-0.2, 0) is 16.1 Å². The molecular formula is C12H17FN4O2. The van der Waals surface area contributed by atoms with Crippen molar-refractivity contribution in [2.24, 2.45) is 11.5 Å². The van der Waals surface area contributed by atoms with Gasteiger partial charge >= 0.3 is 0 Å². The third kappa shape index (κ3) is 4.22. The Morgan fingerprint density at radius 2 is 1.84 bits per heavy atom. The Bertz CT molecular complexity index is 463. The van der Waals surface area contributed by atoms with Crippen LogP contribution in [0, 0.1) is 5.82 Å². The number of rotatable bonds is 7. The molecule has 0 atom stereocenters. The average Bonchev–Trinajstić information content (AvgIpc) is 2.30. The molecule has 0 bridgehead atoms. The summed E-state index contributed by atoms with van der Waals surface area (Å²) in [6.45, 7) is -0.151. The topological polar surface area (TPSA) is 101 Å². The standard InChI is InChI=1S/C12H17FN4O2/c1-16-5-8-9(13)3-2-4-10(8)17(6-11(14)18)7-12(15)19/h2-4,16H,5-7H2,1H3,(H2,14,18)(H2,15,19). The van der Waals surface area contributed by atoms with Gasteiger partial charge < -0.3 is 21.7 Å². The van der Waals surface area contributed by atoms with Gasteiger partial charge in [0.2, 0.25) is 11.8 Å². The summed E-state index contributed by atoms with van der Waals surface area (Å²) in [5.41, 5.74) is 11.0. The van der Waals surface area contributed by atoms with Gasteiger partial charge in [-0.1, -0.05) is 6.07 Å². The Kier molecular flexibility index (Phi) is 5.25. The van der Waals surface area contributed by atoms with Crippen LogP contribution < -0.4 is 21.7 Å². The van der Waals surface area contributed by atoms with Crippen LogP contribution in [0.1, 0.15) is 5.56 Å². The molecule has 0 aliphatic carbocycles. The van der Waals surface area contributed by atoms with Crippen LogP contribution in [0.3, 0.4) is 0 Å². The molecule has 0 radical (unpaired) electrons. The lowest BCUT2D eigenvalue weighted by Gasteiger charge is -2.24. The fourth-order valence-electron chi connectivity index (χ4n) is 1.80. The van der Waals surface area contributed by atoms with Gasteiger partial charge in [-0.2, -0.15) is 0 Å². The quantitative estimate of drug-likeness (QED) is 0.610. The Morgan fingerprint density at radius 3 is 2.32 bits per heavy atom. The van der Waals surface area contributed by atoms with Gasteiger partial charge in [-0.15, -0.1) is 0 Å². The van der Waals surface area contributed by atoms with Gasteiger partial charge in [-0.25, -0.2) is 4.39 Å². The van der Waals surface area contributed by atoms with Gasteiger partial charge in [-0.3, -0.25) is 9.59 Å². The first kappa shape index (κ1) is 14.9. The molecule has 6 nitrogen and oxygen atoms in total. The second-order valence-corrected chi connectivity index (χ2v) is 4.06. The zero-order valence-corrected chi connectivity index (χ0v) is 10.6. The Labute approximate surface area is 110 Å². The average molecular weight is 268 g/mol. The summed E-state index contributed by atoms with van der Waals surface area (Å²) >= 11 is 0. The fourth-order valence-corrected chi connectivity index (χ4v) is 1.80. The maximum atomic E-state index is 13.8. The summed E-state index contributed by atoms with van der Waals surface area (Å²) in [6.07, 6.45) is 0. The van der Waals surface area contributed by atoms with E-state index >= 15 is 0 Å². The van der Waals surface area contributed by atoms with Crippen LogP contribution >= 0.6 is 0 Å². The van der Waals surface area contributed by atoms with Crippen molar-refractivity contribution in [1.82, 2.24) is 5.32 Å². The number of nitrogens with zero attached hydrogens (tertiary/aromatic N) is 1. The molecular weight excluding hydrogens is 251 g/mol. The summed E-state index contributed by atoms with van der Waals surface area (Å²) in [7, 11) is 1.67. The zero-order chi connectivity index (χ0) is 14.4. The molecule has 104 valence electrons. The predicted molar refractivity (Wildman–Crippen MR) is 69.8 cm³/mol. The Hall–Kier alpha value is -2.15.